The number of rotatable bonds is 3. The Hall–Kier alpha value is -0.540. The van der Waals surface area contributed by atoms with Crippen LogP contribution in [-0.2, 0) is 0 Å². The second kappa shape index (κ2) is 5.69. The van der Waals surface area contributed by atoms with Crippen LogP contribution in [0.2, 0.25) is 5.02 Å². The number of hydrogen-bond acceptors (Lipinski definition) is 1. The van der Waals surface area contributed by atoms with Crippen molar-refractivity contribution in [1.82, 2.24) is 5.32 Å². The molecule has 0 bridgehead atoms. The average molecular weight is 305 g/mol. The largest absolute Gasteiger partial charge is 0.349 e. The van der Waals surface area contributed by atoms with Gasteiger partial charge in [-0.05, 0) is 47.0 Å². The van der Waals surface area contributed by atoms with E-state index >= 15 is 0 Å². The highest BCUT2D eigenvalue weighted by atomic mass is 79.9. The van der Waals surface area contributed by atoms with E-state index in [1.807, 2.05) is 6.92 Å². The van der Waals surface area contributed by atoms with E-state index in [1.165, 1.54) is 0 Å². The molecule has 0 aliphatic carbocycles. The molecule has 0 fully saturated rings. The van der Waals surface area contributed by atoms with Gasteiger partial charge in [0.15, 0.2) is 0 Å². The third-order valence-electron chi connectivity index (χ3n) is 2.53. The highest BCUT2D eigenvalue weighted by Crippen LogP contribution is 2.21. The van der Waals surface area contributed by atoms with Crippen molar-refractivity contribution in [3.8, 4) is 0 Å². The molecule has 1 unspecified atom stereocenters. The normalized spacial score (nSPS) is 12.6. The molecule has 1 aromatic rings. The molecule has 0 saturated heterocycles. The quantitative estimate of drug-likeness (QED) is 0.902. The van der Waals surface area contributed by atoms with Crippen molar-refractivity contribution in [2.75, 3.05) is 0 Å². The van der Waals surface area contributed by atoms with Crippen LogP contribution in [0.15, 0.2) is 22.7 Å². The maximum absolute atomic E-state index is 11.9. The molecule has 88 valence electrons. The molecule has 1 N–H and O–H groups in total. The van der Waals surface area contributed by atoms with E-state index in [2.05, 4.69) is 35.1 Å². The molecule has 1 aromatic carbocycles. The van der Waals surface area contributed by atoms with Gasteiger partial charge in [-0.3, -0.25) is 4.79 Å². The van der Waals surface area contributed by atoms with E-state index < -0.39 is 0 Å². The molecule has 0 heterocycles. The van der Waals surface area contributed by atoms with Crippen molar-refractivity contribution in [2.24, 2.45) is 5.92 Å². The summed E-state index contributed by atoms with van der Waals surface area (Å²) in [7, 11) is 0. The van der Waals surface area contributed by atoms with Crippen LogP contribution >= 0.6 is 27.5 Å². The van der Waals surface area contributed by atoms with Gasteiger partial charge in [-0.2, -0.15) is 0 Å². The van der Waals surface area contributed by atoms with Gasteiger partial charge in [0.2, 0.25) is 0 Å². The lowest BCUT2D eigenvalue weighted by molar-refractivity contribution is 0.0929. The number of halogens is 2. The maximum atomic E-state index is 11.9. The van der Waals surface area contributed by atoms with E-state index in [9.17, 15) is 4.79 Å². The van der Waals surface area contributed by atoms with E-state index in [-0.39, 0.29) is 11.9 Å². The van der Waals surface area contributed by atoms with Crippen LogP contribution in [0.5, 0.6) is 0 Å². The van der Waals surface area contributed by atoms with Crippen molar-refractivity contribution >= 4 is 33.4 Å². The monoisotopic (exact) mass is 303 g/mol. The van der Waals surface area contributed by atoms with Crippen molar-refractivity contribution < 1.29 is 4.79 Å². The zero-order valence-electron chi connectivity index (χ0n) is 9.55. The molecule has 0 radical (unpaired) electrons. The smallest absolute Gasteiger partial charge is 0.252 e. The summed E-state index contributed by atoms with van der Waals surface area (Å²) in [6.07, 6.45) is 0. The van der Waals surface area contributed by atoms with Gasteiger partial charge in [0.25, 0.3) is 5.91 Å². The van der Waals surface area contributed by atoms with E-state index in [1.54, 1.807) is 18.2 Å². The zero-order valence-corrected chi connectivity index (χ0v) is 11.9. The van der Waals surface area contributed by atoms with Crippen LogP contribution < -0.4 is 5.32 Å². The summed E-state index contributed by atoms with van der Waals surface area (Å²) >= 11 is 9.20. The summed E-state index contributed by atoms with van der Waals surface area (Å²) < 4.78 is 0.755. The minimum absolute atomic E-state index is 0.101. The maximum Gasteiger partial charge on any atom is 0.252 e. The van der Waals surface area contributed by atoms with Gasteiger partial charge < -0.3 is 5.32 Å². The van der Waals surface area contributed by atoms with Crippen molar-refractivity contribution in [3.63, 3.8) is 0 Å². The fourth-order valence-electron chi connectivity index (χ4n) is 1.12. The Bertz CT molecular complexity index is 393. The Morgan fingerprint density at radius 1 is 1.38 bits per heavy atom. The first-order valence-corrected chi connectivity index (χ1v) is 6.35. The average Bonchev–Trinajstić information content (AvgIpc) is 2.21. The van der Waals surface area contributed by atoms with Crippen LogP contribution in [0.1, 0.15) is 31.1 Å². The highest BCUT2D eigenvalue weighted by molar-refractivity contribution is 9.10. The standard InChI is InChI=1S/C12H15BrClNO/c1-7(2)8(3)15-12(16)10-6-9(14)4-5-11(10)13/h4-8H,1-3H3,(H,15,16). The lowest BCUT2D eigenvalue weighted by Crippen LogP contribution is -2.36. The Morgan fingerprint density at radius 3 is 2.56 bits per heavy atom. The lowest BCUT2D eigenvalue weighted by atomic mass is 10.1. The molecular weight excluding hydrogens is 289 g/mol. The minimum atomic E-state index is -0.101. The van der Waals surface area contributed by atoms with Gasteiger partial charge in [-0.25, -0.2) is 0 Å². The van der Waals surface area contributed by atoms with Crippen molar-refractivity contribution in [2.45, 2.75) is 26.8 Å². The van der Waals surface area contributed by atoms with E-state index in [0.29, 0.717) is 16.5 Å². The van der Waals surface area contributed by atoms with Crippen LogP contribution in [-0.4, -0.2) is 11.9 Å². The van der Waals surface area contributed by atoms with Gasteiger partial charge in [0.1, 0.15) is 0 Å². The molecule has 1 atom stereocenters. The lowest BCUT2D eigenvalue weighted by Gasteiger charge is -2.17. The van der Waals surface area contributed by atoms with Crippen LogP contribution in [0.3, 0.4) is 0 Å². The summed E-state index contributed by atoms with van der Waals surface area (Å²) in [5, 5.41) is 3.50. The molecular formula is C12H15BrClNO. The highest BCUT2D eigenvalue weighted by Gasteiger charge is 2.15. The fraction of sp³-hybridized carbons (Fsp3) is 0.417. The Labute approximate surface area is 110 Å². The number of amides is 1. The van der Waals surface area contributed by atoms with Gasteiger partial charge in [0, 0.05) is 15.5 Å². The van der Waals surface area contributed by atoms with Crippen LogP contribution in [0.25, 0.3) is 0 Å². The third kappa shape index (κ3) is 3.49. The van der Waals surface area contributed by atoms with Crippen LogP contribution in [0.4, 0.5) is 0 Å². The fourth-order valence-corrected chi connectivity index (χ4v) is 1.72. The SMILES string of the molecule is CC(C)C(C)NC(=O)c1cc(Cl)ccc1Br. The van der Waals surface area contributed by atoms with Crippen molar-refractivity contribution in [1.29, 1.82) is 0 Å². The topological polar surface area (TPSA) is 29.1 Å². The van der Waals surface area contributed by atoms with E-state index in [4.69, 9.17) is 11.6 Å². The first-order chi connectivity index (χ1) is 7.41. The number of hydrogen-bond donors (Lipinski definition) is 1. The Morgan fingerprint density at radius 2 is 2.00 bits per heavy atom. The predicted molar refractivity (Wildman–Crippen MR) is 70.9 cm³/mol. The summed E-state index contributed by atoms with van der Waals surface area (Å²) in [6.45, 7) is 6.12. The number of carbonyl (C=O) groups excluding carboxylic acids is 1. The molecule has 1 amide bonds. The molecule has 0 aromatic heterocycles. The summed E-state index contributed by atoms with van der Waals surface area (Å²) in [5.74, 6) is 0.303. The Kier molecular flexibility index (Phi) is 4.81. The number of benzene rings is 1. The first kappa shape index (κ1) is 13.5. The van der Waals surface area contributed by atoms with Crippen LogP contribution in [0, 0.1) is 5.92 Å². The predicted octanol–water partition coefficient (Wildman–Crippen LogP) is 3.88. The summed E-state index contributed by atoms with van der Waals surface area (Å²) in [6, 6.07) is 5.32. The molecule has 1 rings (SSSR count). The minimum Gasteiger partial charge on any atom is -0.349 e. The van der Waals surface area contributed by atoms with Crippen molar-refractivity contribution in [3.05, 3.63) is 33.3 Å². The van der Waals surface area contributed by atoms with Gasteiger partial charge >= 0.3 is 0 Å². The third-order valence-corrected chi connectivity index (χ3v) is 3.46. The molecule has 16 heavy (non-hydrogen) atoms. The second-order valence-electron chi connectivity index (χ2n) is 4.13. The zero-order chi connectivity index (χ0) is 12.3. The van der Waals surface area contributed by atoms with Gasteiger partial charge in [-0.15, -0.1) is 0 Å². The number of carbonyl (C=O) groups is 1. The second-order valence-corrected chi connectivity index (χ2v) is 5.42. The summed E-state index contributed by atoms with van der Waals surface area (Å²) in [5.41, 5.74) is 0.569. The van der Waals surface area contributed by atoms with Gasteiger partial charge in [-0.1, -0.05) is 25.4 Å². The summed E-state index contributed by atoms with van der Waals surface area (Å²) in [4.78, 5) is 11.9. The van der Waals surface area contributed by atoms with Gasteiger partial charge in [0.05, 0.1) is 5.56 Å². The first-order valence-electron chi connectivity index (χ1n) is 5.17. The number of nitrogens with one attached hydrogen (secondary N) is 1. The molecule has 0 saturated carbocycles. The molecule has 0 spiro atoms. The molecule has 0 aliphatic heterocycles. The molecule has 4 heteroatoms. The molecule has 2 nitrogen and oxygen atoms in total. The Balaban J connectivity index is 2.84. The van der Waals surface area contributed by atoms with E-state index in [0.717, 1.165) is 4.47 Å². The molecule has 0 aliphatic rings.